The summed E-state index contributed by atoms with van der Waals surface area (Å²) >= 11 is 0. The molecule has 4 nitrogen and oxygen atoms in total. The van der Waals surface area contributed by atoms with Crippen molar-refractivity contribution in [2.75, 3.05) is 33.7 Å². The summed E-state index contributed by atoms with van der Waals surface area (Å²) < 4.78 is 5.62. The third-order valence-corrected chi connectivity index (χ3v) is 4.36. The van der Waals surface area contributed by atoms with Crippen LogP contribution in [0.2, 0.25) is 0 Å². The van der Waals surface area contributed by atoms with Crippen LogP contribution in [0.5, 0.6) is 0 Å². The van der Waals surface area contributed by atoms with E-state index in [4.69, 9.17) is 4.42 Å². The number of hydrogen-bond acceptors (Lipinski definition) is 4. The van der Waals surface area contributed by atoms with E-state index >= 15 is 0 Å². The zero-order valence-corrected chi connectivity index (χ0v) is 14.1. The highest BCUT2D eigenvalue weighted by molar-refractivity contribution is 5.16. The molecule has 1 aromatic heterocycles. The average molecular weight is 293 g/mol. The Kier molecular flexibility index (Phi) is 6.27. The van der Waals surface area contributed by atoms with Gasteiger partial charge in [0.05, 0.1) is 12.8 Å². The Bertz CT molecular complexity index is 408. The lowest BCUT2D eigenvalue weighted by atomic mass is 9.96. The first-order chi connectivity index (χ1) is 10.0. The number of nitrogens with zero attached hydrogens (tertiary/aromatic N) is 2. The monoisotopic (exact) mass is 293 g/mol. The lowest BCUT2D eigenvalue weighted by molar-refractivity contribution is 0.173. The molecule has 0 unspecified atom stereocenters. The molecule has 1 N–H and O–H groups in total. The molecule has 0 atom stereocenters. The average Bonchev–Trinajstić information content (AvgIpc) is 2.86. The maximum absolute atomic E-state index is 5.62. The van der Waals surface area contributed by atoms with E-state index < -0.39 is 0 Å². The minimum atomic E-state index is 0.486. The molecule has 1 aromatic rings. The van der Waals surface area contributed by atoms with Gasteiger partial charge in [-0.2, -0.15) is 0 Å². The van der Waals surface area contributed by atoms with Crippen molar-refractivity contribution in [2.45, 2.75) is 45.8 Å². The summed E-state index contributed by atoms with van der Waals surface area (Å²) in [6.45, 7) is 9.81. The summed E-state index contributed by atoms with van der Waals surface area (Å²) in [5.74, 6) is 1.93. The van der Waals surface area contributed by atoms with Crippen LogP contribution in [0.15, 0.2) is 16.7 Å². The van der Waals surface area contributed by atoms with Crippen molar-refractivity contribution in [2.24, 2.45) is 5.92 Å². The molecule has 0 aliphatic carbocycles. The molecule has 0 aromatic carbocycles. The molecule has 1 aliphatic heterocycles. The first-order valence-corrected chi connectivity index (χ1v) is 8.20. The molecule has 1 saturated heterocycles. The van der Waals surface area contributed by atoms with E-state index in [9.17, 15) is 0 Å². The van der Waals surface area contributed by atoms with Gasteiger partial charge in [-0.05, 0) is 52.0 Å². The predicted molar refractivity (Wildman–Crippen MR) is 87.2 cm³/mol. The van der Waals surface area contributed by atoms with Gasteiger partial charge in [0.2, 0.25) is 0 Å². The first kappa shape index (κ1) is 16.5. The van der Waals surface area contributed by atoms with Crippen molar-refractivity contribution in [3.63, 3.8) is 0 Å². The highest BCUT2D eigenvalue weighted by atomic mass is 16.3. The van der Waals surface area contributed by atoms with Crippen molar-refractivity contribution < 1.29 is 4.42 Å². The fraction of sp³-hybridized carbons (Fsp3) is 0.765. The Morgan fingerprint density at radius 1 is 1.38 bits per heavy atom. The molecule has 2 heterocycles. The number of likely N-dealkylation sites (tertiary alicyclic amines) is 1. The van der Waals surface area contributed by atoms with E-state index in [1.54, 1.807) is 0 Å². The van der Waals surface area contributed by atoms with E-state index in [1.165, 1.54) is 38.0 Å². The van der Waals surface area contributed by atoms with Gasteiger partial charge in [-0.15, -0.1) is 0 Å². The van der Waals surface area contributed by atoms with Crippen LogP contribution in [-0.2, 0) is 13.1 Å². The highest BCUT2D eigenvalue weighted by Crippen LogP contribution is 2.19. The van der Waals surface area contributed by atoms with Gasteiger partial charge in [0, 0.05) is 24.7 Å². The molecule has 21 heavy (non-hydrogen) atoms. The van der Waals surface area contributed by atoms with Crippen LogP contribution in [0.3, 0.4) is 0 Å². The Morgan fingerprint density at radius 3 is 2.76 bits per heavy atom. The standard InChI is InChI=1S/C17H31N3O/c1-14(2)18-11-17-16(7-10-21-17)13-20(4)12-15-5-8-19(3)9-6-15/h7,10,14-15,18H,5-6,8-9,11-13H2,1-4H3. The number of rotatable bonds is 7. The van der Waals surface area contributed by atoms with Gasteiger partial charge >= 0.3 is 0 Å². The number of piperidine rings is 1. The van der Waals surface area contributed by atoms with Crippen LogP contribution in [0.4, 0.5) is 0 Å². The molecule has 120 valence electrons. The maximum Gasteiger partial charge on any atom is 0.122 e. The second-order valence-electron chi connectivity index (χ2n) is 6.85. The number of hydrogen-bond donors (Lipinski definition) is 1. The lowest BCUT2D eigenvalue weighted by Gasteiger charge is -2.31. The highest BCUT2D eigenvalue weighted by Gasteiger charge is 2.19. The minimum Gasteiger partial charge on any atom is -0.468 e. The Morgan fingerprint density at radius 2 is 2.10 bits per heavy atom. The van der Waals surface area contributed by atoms with Crippen molar-refractivity contribution in [1.29, 1.82) is 0 Å². The molecule has 0 bridgehead atoms. The normalized spacial score (nSPS) is 18.0. The van der Waals surface area contributed by atoms with Crippen molar-refractivity contribution in [3.05, 3.63) is 23.7 Å². The van der Waals surface area contributed by atoms with Crippen LogP contribution in [0, 0.1) is 5.92 Å². The zero-order chi connectivity index (χ0) is 15.2. The summed E-state index contributed by atoms with van der Waals surface area (Å²) in [5, 5.41) is 3.43. The fourth-order valence-corrected chi connectivity index (χ4v) is 3.00. The second kappa shape index (κ2) is 7.97. The van der Waals surface area contributed by atoms with Crippen molar-refractivity contribution >= 4 is 0 Å². The zero-order valence-electron chi connectivity index (χ0n) is 14.1. The van der Waals surface area contributed by atoms with Crippen LogP contribution >= 0.6 is 0 Å². The molecule has 0 saturated carbocycles. The molecule has 4 heteroatoms. The summed E-state index contributed by atoms with van der Waals surface area (Å²) in [6, 6.07) is 2.60. The van der Waals surface area contributed by atoms with Crippen LogP contribution < -0.4 is 5.32 Å². The molecule has 1 fully saturated rings. The summed E-state index contributed by atoms with van der Waals surface area (Å²) in [6.07, 6.45) is 4.47. The van der Waals surface area contributed by atoms with E-state index in [-0.39, 0.29) is 0 Å². The number of nitrogens with one attached hydrogen (secondary N) is 1. The third-order valence-electron chi connectivity index (χ3n) is 4.36. The number of furan rings is 1. The van der Waals surface area contributed by atoms with Crippen molar-refractivity contribution in [1.82, 2.24) is 15.1 Å². The van der Waals surface area contributed by atoms with E-state index in [0.29, 0.717) is 6.04 Å². The third kappa shape index (κ3) is 5.46. The largest absolute Gasteiger partial charge is 0.468 e. The Hall–Kier alpha value is -0.840. The van der Waals surface area contributed by atoms with Gasteiger partial charge < -0.3 is 19.5 Å². The predicted octanol–water partition coefficient (Wildman–Crippen LogP) is 2.55. The fourth-order valence-electron chi connectivity index (χ4n) is 3.00. The molecular weight excluding hydrogens is 262 g/mol. The SMILES string of the molecule is CC(C)NCc1occc1CN(C)CC1CCN(C)CC1. The van der Waals surface area contributed by atoms with Crippen LogP contribution in [0.25, 0.3) is 0 Å². The minimum absolute atomic E-state index is 0.486. The summed E-state index contributed by atoms with van der Waals surface area (Å²) in [5.41, 5.74) is 1.32. The van der Waals surface area contributed by atoms with E-state index in [0.717, 1.165) is 24.8 Å². The molecule has 0 spiro atoms. The maximum atomic E-state index is 5.62. The summed E-state index contributed by atoms with van der Waals surface area (Å²) in [4.78, 5) is 4.88. The van der Waals surface area contributed by atoms with Gasteiger partial charge in [-0.25, -0.2) is 0 Å². The topological polar surface area (TPSA) is 31.7 Å². The lowest BCUT2D eigenvalue weighted by Crippen LogP contribution is -2.35. The van der Waals surface area contributed by atoms with Gasteiger partial charge in [0.1, 0.15) is 5.76 Å². The molecule has 0 amide bonds. The van der Waals surface area contributed by atoms with E-state index in [2.05, 4.69) is 49.1 Å². The first-order valence-electron chi connectivity index (χ1n) is 8.20. The Labute approximate surface area is 129 Å². The molecule has 2 rings (SSSR count). The Balaban J connectivity index is 1.79. The molecular formula is C17H31N3O. The smallest absolute Gasteiger partial charge is 0.122 e. The van der Waals surface area contributed by atoms with Crippen LogP contribution in [0.1, 0.15) is 38.0 Å². The van der Waals surface area contributed by atoms with Gasteiger partial charge in [-0.3, -0.25) is 0 Å². The molecule has 1 aliphatic rings. The summed E-state index contributed by atoms with van der Waals surface area (Å²) in [7, 11) is 4.45. The van der Waals surface area contributed by atoms with Gasteiger partial charge in [-0.1, -0.05) is 13.8 Å². The van der Waals surface area contributed by atoms with Crippen LogP contribution in [-0.4, -0.2) is 49.6 Å². The van der Waals surface area contributed by atoms with Crippen molar-refractivity contribution in [3.8, 4) is 0 Å². The van der Waals surface area contributed by atoms with E-state index in [1.807, 2.05) is 6.26 Å². The molecule has 0 radical (unpaired) electrons. The second-order valence-corrected chi connectivity index (χ2v) is 6.85. The van der Waals surface area contributed by atoms with Gasteiger partial charge in [0.15, 0.2) is 0 Å². The quantitative estimate of drug-likeness (QED) is 0.837. The van der Waals surface area contributed by atoms with Gasteiger partial charge in [0.25, 0.3) is 0 Å².